The zero-order valence-electron chi connectivity index (χ0n) is 24.6. The van der Waals surface area contributed by atoms with Crippen LogP contribution in [0, 0.1) is 17.8 Å². The highest BCUT2D eigenvalue weighted by molar-refractivity contribution is 6.05. The van der Waals surface area contributed by atoms with Gasteiger partial charge in [0.05, 0.1) is 37.2 Å². The van der Waals surface area contributed by atoms with Gasteiger partial charge in [0.15, 0.2) is 0 Å². The van der Waals surface area contributed by atoms with Crippen LogP contribution >= 0.6 is 0 Å². The van der Waals surface area contributed by atoms with Crippen molar-refractivity contribution < 1.29 is 29.0 Å². The number of benzene rings is 2. The molecule has 3 fully saturated rings. The molecule has 6 atom stereocenters. The predicted molar refractivity (Wildman–Crippen MR) is 162 cm³/mol. The number of unbranched alkanes of at least 4 members (excludes halogenated alkanes) is 1. The molecule has 1 spiro atoms. The Morgan fingerprint density at radius 3 is 2.64 bits per heavy atom. The summed E-state index contributed by atoms with van der Waals surface area (Å²) in [4.78, 5) is 45.7. The summed E-state index contributed by atoms with van der Waals surface area (Å²) in [6.07, 6.45) is 5.84. The van der Waals surface area contributed by atoms with E-state index in [1.54, 1.807) is 22.0 Å². The van der Waals surface area contributed by atoms with Crippen LogP contribution < -0.4 is 4.90 Å². The van der Waals surface area contributed by atoms with E-state index in [0.717, 1.165) is 17.2 Å². The summed E-state index contributed by atoms with van der Waals surface area (Å²) < 4.78 is 12.2. The Labute approximate surface area is 248 Å². The molecule has 2 bridgehead atoms. The van der Waals surface area contributed by atoms with E-state index in [9.17, 15) is 19.5 Å². The molecule has 0 aromatic heterocycles. The molecule has 224 valence electrons. The fourth-order valence-corrected chi connectivity index (χ4v) is 7.29. The summed E-state index contributed by atoms with van der Waals surface area (Å²) in [5, 5.41) is 12.6. The largest absolute Gasteiger partial charge is 0.465 e. The number of carbonyl (C=O) groups is 3. The number of allylic oxidation sites excluding steroid dienone is 1. The Morgan fingerprint density at radius 2 is 1.95 bits per heavy atom. The molecule has 42 heavy (non-hydrogen) atoms. The second-order valence-electron chi connectivity index (χ2n) is 12.1. The molecule has 3 aliphatic heterocycles. The Kier molecular flexibility index (Phi) is 8.85. The molecule has 0 aliphatic carbocycles. The Morgan fingerprint density at radius 1 is 1.19 bits per heavy atom. The average molecular weight is 575 g/mol. The second kappa shape index (κ2) is 12.4. The molecule has 3 aliphatic rings. The zero-order chi connectivity index (χ0) is 30.0. The van der Waals surface area contributed by atoms with Gasteiger partial charge in [-0.25, -0.2) is 0 Å². The van der Waals surface area contributed by atoms with Crippen molar-refractivity contribution in [1.29, 1.82) is 0 Å². The van der Waals surface area contributed by atoms with Gasteiger partial charge in [0.25, 0.3) is 5.91 Å². The van der Waals surface area contributed by atoms with Crippen LogP contribution in [-0.4, -0.2) is 71.3 Å². The van der Waals surface area contributed by atoms with Gasteiger partial charge in [0, 0.05) is 12.2 Å². The molecule has 5 rings (SSSR count). The summed E-state index contributed by atoms with van der Waals surface area (Å²) in [5.74, 6) is -2.55. The van der Waals surface area contributed by atoms with Gasteiger partial charge >= 0.3 is 5.97 Å². The number of aliphatic hydroxyl groups excluding tert-OH is 1. The number of esters is 1. The van der Waals surface area contributed by atoms with Crippen molar-refractivity contribution in [2.75, 3.05) is 24.7 Å². The van der Waals surface area contributed by atoms with Gasteiger partial charge in [-0.1, -0.05) is 56.3 Å². The molecule has 3 saturated heterocycles. The number of carbonyl (C=O) groups excluding carboxylic acids is 3. The summed E-state index contributed by atoms with van der Waals surface area (Å²) >= 11 is 0. The standard InChI is InChI=1S/C34H42N2O6/c1-5-7-10-18-41-33(40)28-27-15-16-34(42-27)29(28)31(38)36(26(21-37)19-22(3)4)30(34)32(39)35(17-6-2)25-14-13-23-11-8-9-12-24(23)20-25/h5-6,8-9,11-14,20,22,26-30,37H,1-2,7,10,15-19,21H2,3-4H3/t26-,27+,28-,29+,30?,34?/m1/s1. The van der Waals surface area contributed by atoms with Crippen molar-refractivity contribution in [1.82, 2.24) is 4.90 Å². The smallest absolute Gasteiger partial charge is 0.312 e. The third-order valence-electron chi connectivity index (χ3n) is 9.01. The molecule has 8 heteroatoms. The summed E-state index contributed by atoms with van der Waals surface area (Å²) in [7, 11) is 0. The number of nitrogens with zero attached hydrogens (tertiary/aromatic N) is 2. The zero-order valence-corrected chi connectivity index (χ0v) is 24.6. The average Bonchev–Trinajstić information content (AvgIpc) is 3.63. The number of fused-ring (bicyclic) bond motifs is 2. The van der Waals surface area contributed by atoms with Crippen LogP contribution in [0.25, 0.3) is 10.8 Å². The lowest BCUT2D eigenvalue weighted by Gasteiger charge is -2.39. The van der Waals surface area contributed by atoms with Crippen molar-refractivity contribution in [2.24, 2.45) is 17.8 Å². The van der Waals surface area contributed by atoms with Crippen LogP contribution in [0.15, 0.2) is 67.8 Å². The van der Waals surface area contributed by atoms with E-state index < -0.39 is 41.6 Å². The fraction of sp³-hybridized carbons (Fsp3) is 0.500. The van der Waals surface area contributed by atoms with E-state index in [2.05, 4.69) is 13.2 Å². The number of hydrogen-bond donors (Lipinski definition) is 1. The number of anilines is 1. The molecular weight excluding hydrogens is 532 g/mol. The Balaban J connectivity index is 1.55. The molecule has 2 unspecified atom stereocenters. The number of aliphatic hydroxyl groups is 1. The minimum Gasteiger partial charge on any atom is -0.465 e. The van der Waals surface area contributed by atoms with Crippen molar-refractivity contribution in [3.05, 3.63) is 67.8 Å². The third-order valence-corrected chi connectivity index (χ3v) is 9.01. The van der Waals surface area contributed by atoms with Gasteiger partial charge in [0.2, 0.25) is 5.91 Å². The molecule has 2 aromatic rings. The molecule has 1 N–H and O–H groups in total. The highest BCUT2D eigenvalue weighted by Gasteiger charge is 2.75. The second-order valence-corrected chi connectivity index (χ2v) is 12.1. The van der Waals surface area contributed by atoms with E-state index in [-0.39, 0.29) is 37.5 Å². The van der Waals surface area contributed by atoms with Gasteiger partial charge in [-0.15, -0.1) is 13.2 Å². The fourth-order valence-electron chi connectivity index (χ4n) is 7.29. The van der Waals surface area contributed by atoms with Crippen LogP contribution in [0.1, 0.15) is 46.0 Å². The number of hydrogen-bond acceptors (Lipinski definition) is 6. The Bertz CT molecular complexity index is 1360. The topological polar surface area (TPSA) is 96.4 Å². The van der Waals surface area contributed by atoms with Gasteiger partial charge in [-0.2, -0.15) is 0 Å². The highest BCUT2D eigenvalue weighted by Crippen LogP contribution is 2.59. The lowest BCUT2D eigenvalue weighted by Crippen LogP contribution is -2.59. The SMILES string of the molecule is C=CCCCOC(=O)[C@@H]1[C@@H]2CCC3(O2)C(C(=O)N(CC=C)c2ccc4ccccc4c2)N([C@@H](CO)CC(C)C)C(=O)[C@H]13. The van der Waals surface area contributed by atoms with Crippen LogP contribution in [0.2, 0.25) is 0 Å². The number of amides is 2. The normalized spacial score (nSPS) is 26.9. The minimum absolute atomic E-state index is 0.163. The van der Waals surface area contributed by atoms with Gasteiger partial charge in [-0.3, -0.25) is 14.4 Å². The van der Waals surface area contributed by atoms with Gasteiger partial charge in [-0.05, 0) is 60.9 Å². The van der Waals surface area contributed by atoms with Gasteiger partial charge < -0.3 is 24.4 Å². The Hall–Kier alpha value is -3.49. The van der Waals surface area contributed by atoms with E-state index in [1.165, 1.54) is 0 Å². The first-order valence-corrected chi connectivity index (χ1v) is 15.1. The van der Waals surface area contributed by atoms with Crippen molar-refractivity contribution >= 4 is 34.2 Å². The summed E-state index contributed by atoms with van der Waals surface area (Å²) in [6, 6.07) is 12.2. The number of rotatable bonds is 13. The first-order chi connectivity index (χ1) is 20.3. The molecule has 3 heterocycles. The van der Waals surface area contributed by atoms with Crippen molar-refractivity contribution in [3.8, 4) is 0 Å². The third kappa shape index (κ3) is 5.15. The molecule has 0 saturated carbocycles. The summed E-state index contributed by atoms with van der Waals surface area (Å²) in [6.45, 7) is 11.8. The first-order valence-electron chi connectivity index (χ1n) is 15.1. The maximum atomic E-state index is 14.8. The van der Waals surface area contributed by atoms with E-state index in [0.29, 0.717) is 31.4 Å². The monoisotopic (exact) mass is 574 g/mol. The van der Waals surface area contributed by atoms with Crippen LogP contribution in [0.5, 0.6) is 0 Å². The van der Waals surface area contributed by atoms with Crippen LogP contribution in [-0.2, 0) is 23.9 Å². The molecule has 0 radical (unpaired) electrons. The number of likely N-dealkylation sites (tertiary alicyclic amines) is 1. The maximum absolute atomic E-state index is 14.8. The van der Waals surface area contributed by atoms with E-state index >= 15 is 0 Å². The summed E-state index contributed by atoms with van der Waals surface area (Å²) in [5.41, 5.74) is -0.495. The lowest BCUT2D eigenvalue weighted by atomic mass is 9.70. The molecule has 8 nitrogen and oxygen atoms in total. The van der Waals surface area contributed by atoms with Crippen molar-refractivity contribution in [2.45, 2.75) is 69.7 Å². The van der Waals surface area contributed by atoms with Crippen LogP contribution in [0.3, 0.4) is 0 Å². The number of ether oxygens (including phenoxy) is 2. The minimum atomic E-state index is -1.18. The molecule has 2 aromatic carbocycles. The highest BCUT2D eigenvalue weighted by atomic mass is 16.6. The van der Waals surface area contributed by atoms with Crippen LogP contribution in [0.4, 0.5) is 5.69 Å². The molecular formula is C34H42N2O6. The predicted octanol–water partition coefficient (Wildman–Crippen LogP) is 4.65. The maximum Gasteiger partial charge on any atom is 0.312 e. The van der Waals surface area contributed by atoms with E-state index in [4.69, 9.17) is 9.47 Å². The quantitative estimate of drug-likeness (QED) is 0.213. The molecule has 2 amide bonds. The first kappa shape index (κ1) is 30.0. The van der Waals surface area contributed by atoms with E-state index in [1.807, 2.05) is 56.3 Å². The lowest BCUT2D eigenvalue weighted by molar-refractivity contribution is -0.156. The van der Waals surface area contributed by atoms with Crippen molar-refractivity contribution in [3.63, 3.8) is 0 Å². The van der Waals surface area contributed by atoms with Gasteiger partial charge in [0.1, 0.15) is 11.6 Å².